The molecule has 1 atom stereocenters. The third-order valence-corrected chi connectivity index (χ3v) is 3.76. The predicted octanol–water partition coefficient (Wildman–Crippen LogP) is 2.59. The Balaban J connectivity index is 2.87. The number of aliphatic hydroxyl groups excluding tert-OH is 1. The highest BCUT2D eigenvalue weighted by atomic mass is 16.3. The molecule has 0 saturated heterocycles. The number of benzene rings is 1. The van der Waals surface area contributed by atoms with Crippen molar-refractivity contribution < 1.29 is 14.7 Å². The van der Waals surface area contributed by atoms with Crippen LogP contribution in [0.5, 0.6) is 0 Å². The third-order valence-electron chi connectivity index (χ3n) is 3.76. The van der Waals surface area contributed by atoms with Gasteiger partial charge in [-0.05, 0) is 30.9 Å². The van der Waals surface area contributed by atoms with Gasteiger partial charge in [0, 0.05) is 20.0 Å². The second-order valence-electron chi connectivity index (χ2n) is 6.72. The van der Waals surface area contributed by atoms with E-state index in [2.05, 4.69) is 5.32 Å². The van der Waals surface area contributed by atoms with Gasteiger partial charge in [0.1, 0.15) is 0 Å². The van der Waals surface area contributed by atoms with E-state index in [1.54, 1.807) is 39.1 Å². The number of carbonyl (C=O) groups excluding carboxylic acids is 2. The molecule has 5 heteroatoms. The Morgan fingerprint density at radius 3 is 2.48 bits per heavy atom. The van der Waals surface area contributed by atoms with Crippen LogP contribution in [0.1, 0.15) is 50.9 Å². The van der Waals surface area contributed by atoms with Crippen molar-refractivity contribution in [1.29, 1.82) is 0 Å². The lowest BCUT2D eigenvalue weighted by atomic mass is 9.87. The van der Waals surface area contributed by atoms with Crippen molar-refractivity contribution in [2.75, 3.05) is 18.5 Å². The fourth-order valence-corrected chi connectivity index (χ4v) is 2.62. The topological polar surface area (TPSA) is 69.6 Å². The zero-order valence-electron chi connectivity index (χ0n) is 14.7. The van der Waals surface area contributed by atoms with Crippen LogP contribution in [0.15, 0.2) is 24.3 Å². The van der Waals surface area contributed by atoms with Crippen LogP contribution in [0.25, 0.3) is 0 Å². The van der Waals surface area contributed by atoms with Crippen molar-refractivity contribution in [2.24, 2.45) is 5.41 Å². The number of rotatable bonds is 7. The number of hydrogen-bond acceptors (Lipinski definition) is 3. The Morgan fingerprint density at radius 2 is 1.91 bits per heavy atom. The molecule has 0 bridgehead atoms. The monoisotopic (exact) mass is 320 g/mol. The minimum atomic E-state index is -0.414. The zero-order chi connectivity index (χ0) is 17.6. The lowest BCUT2D eigenvalue weighted by molar-refractivity contribution is -0.118. The predicted molar refractivity (Wildman–Crippen MR) is 92.6 cm³/mol. The Labute approximate surface area is 138 Å². The van der Waals surface area contributed by atoms with E-state index >= 15 is 0 Å². The van der Waals surface area contributed by atoms with Crippen molar-refractivity contribution in [3.05, 3.63) is 29.8 Å². The summed E-state index contributed by atoms with van der Waals surface area (Å²) in [5.41, 5.74) is 0.874. The number of para-hydroxylation sites is 1. The second kappa shape index (κ2) is 8.11. The van der Waals surface area contributed by atoms with E-state index in [0.717, 1.165) is 0 Å². The Kier molecular flexibility index (Phi) is 6.76. The van der Waals surface area contributed by atoms with Gasteiger partial charge in [0.05, 0.1) is 17.4 Å². The fraction of sp³-hybridized carbons (Fsp3) is 0.556. The molecular weight excluding hydrogens is 292 g/mol. The summed E-state index contributed by atoms with van der Waals surface area (Å²) in [7, 11) is 1.68. The maximum atomic E-state index is 12.5. The van der Waals surface area contributed by atoms with Gasteiger partial charge in [-0.2, -0.15) is 0 Å². The summed E-state index contributed by atoms with van der Waals surface area (Å²) in [5.74, 6) is -0.255. The van der Waals surface area contributed by atoms with Crippen LogP contribution in [-0.4, -0.2) is 36.6 Å². The lowest BCUT2D eigenvalue weighted by Crippen LogP contribution is -2.36. The number of nitrogens with zero attached hydrogens (tertiary/aromatic N) is 1. The van der Waals surface area contributed by atoms with Crippen molar-refractivity contribution in [2.45, 2.75) is 46.6 Å². The molecule has 0 spiro atoms. The van der Waals surface area contributed by atoms with Gasteiger partial charge in [-0.25, -0.2) is 0 Å². The molecule has 0 saturated carbocycles. The molecule has 128 valence electrons. The largest absolute Gasteiger partial charge is 0.393 e. The van der Waals surface area contributed by atoms with E-state index in [-0.39, 0.29) is 17.2 Å². The molecule has 1 aromatic carbocycles. The summed E-state index contributed by atoms with van der Waals surface area (Å²) in [5, 5.41) is 12.4. The first-order valence-corrected chi connectivity index (χ1v) is 8.00. The standard InChI is InChI=1S/C18H28N2O3/c1-6-16(22)20(5)15-10-8-7-9-14(15)17(23)19-12-18(3,4)11-13(2)21/h7-10,13,21H,6,11-12H2,1-5H3,(H,19,23). The fourth-order valence-electron chi connectivity index (χ4n) is 2.62. The second-order valence-corrected chi connectivity index (χ2v) is 6.72. The highest BCUT2D eigenvalue weighted by Crippen LogP contribution is 2.23. The van der Waals surface area contributed by atoms with E-state index in [1.165, 1.54) is 4.90 Å². The summed E-state index contributed by atoms with van der Waals surface area (Å²) < 4.78 is 0. The van der Waals surface area contributed by atoms with E-state index in [0.29, 0.717) is 30.6 Å². The maximum absolute atomic E-state index is 12.5. The SMILES string of the molecule is CCC(=O)N(C)c1ccccc1C(=O)NCC(C)(C)CC(C)O. The zero-order valence-corrected chi connectivity index (χ0v) is 14.7. The molecule has 2 amide bonds. The number of aliphatic hydroxyl groups is 1. The van der Waals surface area contributed by atoms with E-state index in [9.17, 15) is 14.7 Å². The number of hydrogen-bond donors (Lipinski definition) is 2. The highest BCUT2D eigenvalue weighted by molar-refractivity contribution is 6.04. The summed E-state index contributed by atoms with van der Waals surface area (Å²) in [6.07, 6.45) is 0.569. The van der Waals surface area contributed by atoms with Crippen molar-refractivity contribution >= 4 is 17.5 Å². The molecule has 23 heavy (non-hydrogen) atoms. The van der Waals surface area contributed by atoms with Gasteiger partial charge in [-0.1, -0.05) is 32.9 Å². The average Bonchev–Trinajstić information content (AvgIpc) is 2.50. The average molecular weight is 320 g/mol. The Morgan fingerprint density at radius 1 is 1.30 bits per heavy atom. The number of carbonyl (C=O) groups is 2. The molecule has 0 heterocycles. The van der Waals surface area contributed by atoms with Gasteiger partial charge in [0.15, 0.2) is 0 Å². The first-order chi connectivity index (χ1) is 10.7. The van der Waals surface area contributed by atoms with Gasteiger partial charge in [0.2, 0.25) is 5.91 Å². The van der Waals surface area contributed by atoms with Gasteiger partial charge in [-0.3, -0.25) is 9.59 Å². The minimum Gasteiger partial charge on any atom is -0.393 e. The Hall–Kier alpha value is -1.88. The van der Waals surface area contributed by atoms with Crippen LogP contribution >= 0.6 is 0 Å². The molecule has 1 unspecified atom stereocenters. The summed E-state index contributed by atoms with van der Waals surface area (Å²) >= 11 is 0. The molecule has 0 aliphatic carbocycles. The molecule has 1 rings (SSSR count). The van der Waals surface area contributed by atoms with Crippen LogP contribution in [0.2, 0.25) is 0 Å². The molecule has 2 N–H and O–H groups in total. The number of amides is 2. The smallest absolute Gasteiger partial charge is 0.253 e. The summed E-state index contributed by atoms with van der Waals surface area (Å²) in [4.78, 5) is 25.9. The first kappa shape index (κ1) is 19.2. The number of anilines is 1. The molecule has 5 nitrogen and oxygen atoms in total. The Bertz CT molecular complexity index is 553. The maximum Gasteiger partial charge on any atom is 0.253 e. The normalized spacial score (nSPS) is 12.6. The van der Waals surface area contributed by atoms with Crippen LogP contribution in [0.3, 0.4) is 0 Å². The van der Waals surface area contributed by atoms with Crippen LogP contribution in [0, 0.1) is 5.41 Å². The quantitative estimate of drug-likeness (QED) is 0.811. The third kappa shape index (κ3) is 5.67. The van der Waals surface area contributed by atoms with Crippen molar-refractivity contribution in [3.8, 4) is 0 Å². The highest BCUT2D eigenvalue weighted by Gasteiger charge is 2.23. The molecular formula is C18H28N2O3. The first-order valence-electron chi connectivity index (χ1n) is 8.00. The molecule has 0 fully saturated rings. The van der Waals surface area contributed by atoms with Crippen LogP contribution in [0.4, 0.5) is 5.69 Å². The minimum absolute atomic E-state index is 0.0420. The van der Waals surface area contributed by atoms with E-state index < -0.39 is 6.10 Å². The molecule has 0 radical (unpaired) electrons. The molecule has 0 aliphatic heterocycles. The van der Waals surface area contributed by atoms with Crippen LogP contribution in [-0.2, 0) is 4.79 Å². The van der Waals surface area contributed by atoms with Crippen LogP contribution < -0.4 is 10.2 Å². The molecule has 0 aliphatic rings. The number of nitrogens with one attached hydrogen (secondary N) is 1. The van der Waals surface area contributed by atoms with Crippen molar-refractivity contribution in [1.82, 2.24) is 5.32 Å². The molecule has 0 aromatic heterocycles. The molecule has 1 aromatic rings. The van der Waals surface area contributed by atoms with Gasteiger partial charge in [-0.15, -0.1) is 0 Å². The van der Waals surface area contributed by atoms with E-state index in [4.69, 9.17) is 0 Å². The van der Waals surface area contributed by atoms with Gasteiger partial charge in [0.25, 0.3) is 5.91 Å². The van der Waals surface area contributed by atoms with Crippen molar-refractivity contribution in [3.63, 3.8) is 0 Å². The lowest BCUT2D eigenvalue weighted by Gasteiger charge is -2.27. The summed E-state index contributed by atoms with van der Waals surface area (Å²) in [6.45, 7) is 7.98. The van der Waals surface area contributed by atoms with Gasteiger partial charge < -0.3 is 15.3 Å². The van der Waals surface area contributed by atoms with E-state index in [1.807, 2.05) is 19.9 Å². The van der Waals surface area contributed by atoms with Gasteiger partial charge >= 0.3 is 0 Å². The summed E-state index contributed by atoms with van der Waals surface area (Å²) in [6, 6.07) is 7.07.